The Morgan fingerprint density at radius 2 is 1.97 bits per heavy atom. The zero-order chi connectivity index (χ0) is 23.5. The van der Waals surface area contributed by atoms with Crippen molar-refractivity contribution in [2.75, 3.05) is 6.54 Å². The van der Waals surface area contributed by atoms with Gasteiger partial charge >= 0.3 is 0 Å². The molecule has 1 aliphatic heterocycles. The molecule has 0 aliphatic carbocycles. The summed E-state index contributed by atoms with van der Waals surface area (Å²) in [6.45, 7) is 9.15. The first kappa shape index (κ1) is 23.6. The summed E-state index contributed by atoms with van der Waals surface area (Å²) < 4.78 is 4.50. The summed E-state index contributed by atoms with van der Waals surface area (Å²) in [6, 6.07) is 9.78. The van der Waals surface area contributed by atoms with Crippen LogP contribution in [0.3, 0.4) is 0 Å². The molecule has 3 heterocycles. The van der Waals surface area contributed by atoms with E-state index in [0.717, 1.165) is 33.8 Å². The number of aryl methyl sites for hydroxylation is 2. The molecule has 1 N–H and O–H groups in total. The number of rotatable bonds is 7. The second-order valence-corrected chi connectivity index (χ2v) is 10.8. The standard InChI is InChI=1S/C25H30N4O2S2/c1-15(2)22(20-12-16(3)33-28-20)25(31)29-11-5-6-21(29)24(30)26-13-18-7-9-19(10-8-18)23-17(4)27-14-32-23/h7-10,12,14-15,21-22H,5-6,11,13H2,1-4H3,(H,26,30). The molecule has 0 spiro atoms. The maximum atomic E-state index is 13.5. The Hall–Kier alpha value is -2.58. The van der Waals surface area contributed by atoms with Crippen molar-refractivity contribution < 1.29 is 9.59 Å². The highest BCUT2D eigenvalue weighted by molar-refractivity contribution is 7.13. The normalized spacial score (nSPS) is 16.9. The van der Waals surface area contributed by atoms with Crippen LogP contribution in [0.4, 0.5) is 0 Å². The van der Waals surface area contributed by atoms with Crippen LogP contribution in [0.5, 0.6) is 0 Å². The molecule has 0 radical (unpaired) electrons. The summed E-state index contributed by atoms with van der Waals surface area (Å²) in [6.07, 6.45) is 1.54. The Balaban J connectivity index is 1.40. The van der Waals surface area contributed by atoms with Gasteiger partial charge in [-0.25, -0.2) is 4.98 Å². The number of nitrogens with zero attached hydrogens (tertiary/aromatic N) is 3. The summed E-state index contributed by atoms with van der Waals surface area (Å²) in [4.78, 5) is 34.8. The molecule has 2 aromatic heterocycles. The number of likely N-dealkylation sites (tertiary alicyclic amines) is 1. The van der Waals surface area contributed by atoms with Crippen molar-refractivity contribution in [2.24, 2.45) is 5.92 Å². The van der Waals surface area contributed by atoms with Gasteiger partial charge in [-0.15, -0.1) is 11.3 Å². The Bertz CT molecular complexity index is 1120. The molecule has 6 nitrogen and oxygen atoms in total. The lowest BCUT2D eigenvalue weighted by Crippen LogP contribution is -2.48. The van der Waals surface area contributed by atoms with E-state index in [1.807, 2.05) is 51.4 Å². The zero-order valence-corrected chi connectivity index (χ0v) is 21.1. The van der Waals surface area contributed by atoms with Gasteiger partial charge in [0, 0.05) is 18.0 Å². The van der Waals surface area contributed by atoms with Crippen molar-refractivity contribution in [3.63, 3.8) is 0 Å². The average Bonchev–Trinajstić information content (AvgIpc) is 3.53. The minimum atomic E-state index is -0.419. The van der Waals surface area contributed by atoms with E-state index in [1.165, 1.54) is 16.4 Å². The van der Waals surface area contributed by atoms with Gasteiger partial charge in [0.2, 0.25) is 11.8 Å². The molecule has 1 fully saturated rings. The lowest BCUT2D eigenvalue weighted by molar-refractivity contribution is -0.140. The topological polar surface area (TPSA) is 75.2 Å². The molecular weight excluding hydrogens is 452 g/mol. The van der Waals surface area contributed by atoms with E-state index < -0.39 is 6.04 Å². The fourth-order valence-corrected chi connectivity index (χ4v) is 5.83. The Morgan fingerprint density at radius 1 is 1.21 bits per heavy atom. The number of carbonyl (C=O) groups is 2. The first-order valence-corrected chi connectivity index (χ1v) is 13.0. The fourth-order valence-electron chi connectivity index (χ4n) is 4.43. The molecular formula is C25H30N4O2S2. The molecule has 3 aromatic rings. The van der Waals surface area contributed by atoms with Crippen LogP contribution >= 0.6 is 22.9 Å². The van der Waals surface area contributed by atoms with Crippen molar-refractivity contribution in [2.45, 2.75) is 59.0 Å². The lowest BCUT2D eigenvalue weighted by Gasteiger charge is -2.29. The van der Waals surface area contributed by atoms with Gasteiger partial charge in [0.25, 0.3) is 0 Å². The molecule has 0 saturated carbocycles. The largest absolute Gasteiger partial charge is 0.350 e. The molecule has 2 amide bonds. The number of hydrogen-bond donors (Lipinski definition) is 1. The van der Waals surface area contributed by atoms with Crippen LogP contribution in [-0.2, 0) is 16.1 Å². The Kier molecular flexibility index (Phi) is 7.24. The summed E-state index contributed by atoms with van der Waals surface area (Å²) in [5.74, 6) is -0.271. The monoisotopic (exact) mass is 482 g/mol. The fraction of sp³-hybridized carbons (Fsp3) is 0.440. The van der Waals surface area contributed by atoms with Gasteiger partial charge in [-0.05, 0) is 61.3 Å². The van der Waals surface area contributed by atoms with E-state index >= 15 is 0 Å². The first-order chi connectivity index (χ1) is 15.8. The maximum Gasteiger partial charge on any atom is 0.243 e. The molecule has 0 bridgehead atoms. The smallest absolute Gasteiger partial charge is 0.243 e. The maximum absolute atomic E-state index is 13.5. The highest BCUT2D eigenvalue weighted by Gasteiger charge is 2.39. The minimum absolute atomic E-state index is 0.0113. The first-order valence-electron chi connectivity index (χ1n) is 11.4. The van der Waals surface area contributed by atoms with E-state index in [2.05, 4.69) is 26.8 Å². The molecule has 4 rings (SSSR count). The molecule has 2 unspecified atom stereocenters. The summed E-state index contributed by atoms with van der Waals surface area (Å²) in [7, 11) is 0. The lowest BCUT2D eigenvalue weighted by atomic mass is 9.90. The molecule has 1 saturated heterocycles. The highest BCUT2D eigenvalue weighted by Crippen LogP contribution is 2.31. The van der Waals surface area contributed by atoms with Gasteiger partial charge in [0.15, 0.2) is 0 Å². The van der Waals surface area contributed by atoms with Crippen molar-refractivity contribution in [3.05, 3.63) is 57.7 Å². The van der Waals surface area contributed by atoms with Crippen molar-refractivity contribution in [1.82, 2.24) is 19.6 Å². The van der Waals surface area contributed by atoms with Gasteiger partial charge < -0.3 is 10.2 Å². The molecule has 174 valence electrons. The van der Waals surface area contributed by atoms with E-state index in [-0.39, 0.29) is 23.7 Å². The van der Waals surface area contributed by atoms with Gasteiger partial charge in [0.1, 0.15) is 6.04 Å². The number of nitrogens with one attached hydrogen (secondary N) is 1. The van der Waals surface area contributed by atoms with Gasteiger partial charge in [0.05, 0.1) is 27.7 Å². The number of amides is 2. The van der Waals surface area contributed by atoms with Crippen molar-refractivity contribution >= 4 is 34.7 Å². The molecule has 2 atom stereocenters. The van der Waals surface area contributed by atoms with E-state index in [1.54, 1.807) is 16.2 Å². The molecule has 1 aromatic carbocycles. The van der Waals surface area contributed by atoms with Crippen molar-refractivity contribution in [3.8, 4) is 10.4 Å². The third kappa shape index (κ3) is 5.17. The molecule has 33 heavy (non-hydrogen) atoms. The number of aromatic nitrogens is 2. The second kappa shape index (κ2) is 10.1. The third-order valence-corrected chi connectivity index (χ3v) is 7.85. The number of thiazole rings is 1. The van der Waals surface area contributed by atoms with Crippen LogP contribution in [0, 0.1) is 19.8 Å². The van der Waals surface area contributed by atoms with E-state index in [4.69, 9.17) is 0 Å². The Labute approximate surface area is 203 Å². The van der Waals surface area contributed by atoms with Crippen LogP contribution in [0.2, 0.25) is 0 Å². The van der Waals surface area contributed by atoms with Gasteiger partial charge in [-0.1, -0.05) is 38.1 Å². The number of benzene rings is 1. The second-order valence-electron chi connectivity index (χ2n) is 8.96. The predicted octanol–water partition coefficient (Wildman–Crippen LogP) is 4.93. The van der Waals surface area contributed by atoms with Gasteiger partial charge in [-0.2, -0.15) is 4.37 Å². The minimum Gasteiger partial charge on any atom is -0.350 e. The number of hydrogen-bond acceptors (Lipinski definition) is 6. The SMILES string of the molecule is Cc1cc(C(C(=O)N2CCCC2C(=O)NCc2ccc(-c3scnc3C)cc2)C(C)C)ns1. The predicted molar refractivity (Wildman–Crippen MR) is 133 cm³/mol. The zero-order valence-electron chi connectivity index (χ0n) is 19.5. The van der Waals surface area contributed by atoms with Crippen LogP contribution in [0.15, 0.2) is 35.8 Å². The highest BCUT2D eigenvalue weighted by atomic mass is 32.1. The summed E-state index contributed by atoms with van der Waals surface area (Å²) in [5.41, 5.74) is 5.87. The van der Waals surface area contributed by atoms with Crippen LogP contribution < -0.4 is 5.32 Å². The third-order valence-electron chi connectivity index (χ3n) is 6.16. The van der Waals surface area contributed by atoms with E-state index in [9.17, 15) is 9.59 Å². The average molecular weight is 483 g/mol. The Morgan fingerprint density at radius 3 is 2.58 bits per heavy atom. The van der Waals surface area contributed by atoms with Gasteiger partial charge in [-0.3, -0.25) is 9.59 Å². The van der Waals surface area contributed by atoms with Crippen LogP contribution in [-0.4, -0.2) is 38.7 Å². The summed E-state index contributed by atoms with van der Waals surface area (Å²) >= 11 is 3.05. The van der Waals surface area contributed by atoms with Crippen molar-refractivity contribution in [1.29, 1.82) is 0 Å². The summed E-state index contributed by atoms with van der Waals surface area (Å²) in [5, 5.41) is 3.05. The molecule has 8 heteroatoms. The van der Waals surface area contributed by atoms with E-state index in [0.29, 0.717) is 19.5 Å². The molecule has 1 aliphatic rings. The quantitative estimate of drug-likeness (QED) is 0.518. The number of carbonyl (C=O) groups excluding carboxylic acids is 2. The van der Waals surface area contributed by atoms with Crippen LogP contribution in [0.25, 0.3) is 10.4 Å². The van der Waals surface area contributed by atoms with Crippen LogP contribution in [0.1, 0.15) is 54.4 Å².